The van der Waals surface area contributed by atoms with Crippen LogP contribution in [0.2, 0.25) is 0 Å². The standard InChI is InChI=1S/C10H11NO2S/c1-8-4-2-5-9(6-3-7-14)10(8)11(12)13/h2-6,14H,7H2,1H3. The summed E-state index contributed by atoms with van der Waals surface area (Å²) in [6.07, 6.45) is 3.50. The van der Waals surface area contributed by atoms with Crippen molar-refractivity contribution >= 4 is 24.4 Å². The second kappa shape index (κ2) is 4.81. The minimum absolute atomic E-state index is 0.172. The van der Waals surface area contributed by atoms with Gasteiger partial charge in [-0.3, -0.25) is 10.1 Å². The second-order valence-electron chi connectivity index (χ2n) is 2.85. The van der Waals surface area contributed by atoms with Crippen LogP contribution in [0.5, 0.6) is 0 Å². The maximum absolute atomic E-state index is 10.8. The third kappa shape index (κ3) is 2.35. The molecule has 0 heterocycles. The molecule has 0 radical (unpaired) electrons. The van der Waals surface area contributed by atoms with Crippen molar-refractivity contribution in [1.82, 2.24) is 0 Å². The van der Waals surface area contributed by atoms with Crippen molar-refractivity contribution in [3.05, 3.63) is 45.5 Å². The average molecular weight is 209 g/mol. The van der Waals surface area contributed by atoms with Crippen molar-refractivity contribution in [3.63, 3.8) is 0 Å². The summed E-state index contributed by atoms with van der Waals surface area (Å²) < 4.78 is 0. The number of nitro benzene ring substituents is 1. The van der Waals surface area contributed by atoms with E-state index >= 15 is 0 Å². The Balaban J connectivity index is 3.21. The molecule has 0 fully saturated rings. The molecule has 0 aromatic heterocycles. The maximum Gasteiger partial charge on any atom is 0.279 e. The summed E-state index contributed by atoms with van der Waals surface area (Å²) in [6.45, 7) is 1.73. The zero-order valence-corrected chi connectivity index (χ0v) is 8.70. The summed E-state index contributed by atoms with van der Waals surface area (Å²) in [6, 6.07) is 5.27. The van der Waals surface area contributed by atoms with Crippen LogP contribution >= 0.6 is 12.6 Å². The van der Waals surface area contributed by atoms with Gasteiger partial charge < -0.3 is 0 Å². The van der Waals surface area contributed by atoms with Crippen LogP contribution in [0, 0.1) is 17.0 Å². The van der Waals surface area contributed by atoms with Crippen molar-refractivity contribution in [2.24, 2.45) is 0 Å². The van der Waals surface area contributed by atoms with E-state index in [1.54, 1.807) is 37.3 Å². The fourth-order valence-electron chi connectivity index (χ4n) is 1.25. The highest BCUT2D eigenvalue weighted by Gasteiger charge is 2.13. The number of rotatable bonds is 3. The van der Waals surface area contributed by atoms with E-state index in [1.165, 1.54) is 0 Å². The first-order valence-corrected chi connectivity index (χ1v) is 4.81. The summed E-state index contributed by atoms with van der Waals surface area (Å²) in [4.78, 5) is 10.4. The second-order valence-corrected chi connectivity index (χ2v) is 3.22. The van der Waals surface area contributed by atoms with E-state index in [-0.39, 0.29) is 10.6 Å². The Kier molecular flexibility index (Phi) is 3.71. The van der Waals surface area contributed by atoms with E-state index in [1.807, 2.05) is 0 Å². The van der Waals surface area contributed by atoms with Gasteiger partial charge in [0, 0.05) is 11.3 Å². The molecule has 0 saturated carbocycles. The zero-order valence-electron chi connectivity index (χ0n) is 7.80. The van der Waals surface area contributed by atoms with Crippen LogP contribution < -0.4 is 0 Å². The molecule has 0 aliphatic carbocycles. The van der Waals surface area contributed by atoms with Crippen molar-refractivity contribution in [1.29, 1.82) is 0 Å². The van der Waals surface area contributed by atoms with Crippen molar-refractivity contribution < 1.29 is 4.92 Å². The molecule has 0 aliphatic heterocycles. The quantitative estimate of drug-likeness (QED) is 0.472. The predicted molar refractivity (Wildman–Crippen MR) is 60.7 cm³/mol. The van der Waals surface area contributed by atoms with Crippen LogP contribution in [0.1, 0.15) is 11.1 Å². The lowest BCUT2D eigenvalue weighted by Gasteiger charge is -2.00. The molecule has 0 spiro atoms. The first-order valence-electron chi connectivity index (χ1n) is 4.18. The highest BCUT2D eigenvalue weighted by Crippen LogP contribution is 2.23. The van der Waals surface area contributed by atoms with Gasteiger partial charge in [-0.15, -0.1) is 0 Å². The number of hydrogen-bond acceptors (Lipinski definition) is 3. The van der Waals surface area contributed by atoms with Gasteiger partial charge in [-0.05, 0) is 13.0 Å². The summed E-state index contributed by atoms with van der Waals surface area (Å²) in [7, 11) is 0. The zero-order chi connectivity index (χ0) is 10.6. The molecule has 1 aromatic rings. The topological polar surface area (TPSA) is 43.1 Å². The van der Waals surface area contributed by atoms with Gasteiger partial charge in [0.05, 0.1) is 10.5 Å². The summed E-state index contributed by atoms with van der Waals surface area (Å²) in [5.74, 6) is 0.575. The first kappa shape index (κ1) is 10.8. The normalized spacial score (nSPS) is 10.7. The molecule has 0 bridgehead atoms. The number of nitro groups is 1. The summed E-state index contributed by atoms with van der Waals surface area (Å²) in [5.41, 5.74) is 1.48. The van der Waals surface area contributed by atoms with Gasteiger partial charge in [-0.2, -0.15) is 12.6 Å². The van der Waals surface area contributed by atoms with Crippen LogP contribution in [-0.4, -0.2) is 10.7 Å². The third-order valence-corrected chi connectivity index (χ3v) is 2.07. The van der Waals surface area contributed by atoms with Crippen LogP contribution in [0.4, 0.5) is 5.69 Å². The van der Waals surface area contributed by atoms with Crippen LogP contribution in [0.25, 0.3) is 6.08 Å². The van der Waals surface area contributed by atoms with E-state index in [0.29, 0.717) is 16.9 Å². The van der Waals surface area contributed by atoms with E-state index < -0.39 is 0 Å². The number of para-hydroxylation sites is 1. The van der Waals surface area contributed by atoms with Crippen molar-refractivity contribution in [2.45, 2.75) is 6.92 Å². The van der Waals surface area contributed by atoms with E-state index in [4.69, 9.17) is 0 Å². The molecule has 0 unspecified atom stereocenters. The lowest BCUT2D eigenvalue weighted by Crippen LogP contribution is -1.94. The molecule has 14 heavy (non-hydrogen) atoms. The fourth-order valence-corrected chi connectivity index (χ4v) is 1.35. The first-order chi connectivity index (χ1) is 6.66. The van der Waals surface area contributed by atoms with Gasteiger partial charge in [0.1, 0.15) is 0 Å². The molecule has 0 atom stereocenters. The number of nitrogens with zero attached hydrogens (tertiary/aromatic N) is 1. The van der Waals surface area contributed by atoms with Gasteiger partial charge >= 0.3 is 0 Å². The Labute approximate surface area is 88.0 Å². The van der Waals surface area contributed by atoms with E-state index in [2.05, 4.69) is 12.6 Å². The van der Waals surface area contributed by atoms with E-state index in [9.17, 15) is 10.1 Å². The van der Waals surface area contributed by atoms with Crippen LogP contribution in [0.3, 0.4) is 0 Å². The highest BCUT2D eigenvalue weighted by molar-refractivity contribution is 7.80. The Morgan fingerprint density at radius 2 is 2.29 bits per heavy atom. The molecule has 4 heteroatoms. The molecule has 3 nitrogen and oxygen atoms in total. The fraction of sp³-hybridized carbons (Fsp3) is 0.200. The number of aryl methyl sites for hydroxylation is 1. The minimum atomic E-state index is -0.354. The Hall–Kier alpha value is -1.29. The van der Waals surface area contributed by atoms with Gasteiger partial charge in [0.2, 0.25) is 0 Å². The molecule has 0 amide bonds. The van der Waals surface area contributed by atoms with E-state index in [0.717, 1.165) is 0 Å². The monoisotopic (exact) mass is 209 g/mol. The smallest absolute Gasteiger partial charge is 0.258 e. The minimum Gasteiger partial charge on any atom is -0.258 e. The van der Waals surface area contributed by atoms with Crippen LogP contribution in [-0.2, 0) is 0 Å². The lowest BCUT2D eigenvalue weighted by molar-refractivity contribution is -0.385. The average Bonchev–Trinajstić information content (AvgIpc) is 2.14. The molecular weight excluding hydrogens is 198 g/mol. The van der Waals surface area contributed by atoms with Gasteiger partial charge in [0.15, 0.2) is 0 Å². The number of thiol groups is 1. The molecule has 0 saturated heterocycles. The van der Waals surface area contributed by atoms with Gasteiger partial charge in [-0.1, -0.05) is 24.3 Å². The Morgan fingerprint density at radius 1 is 1.57 bits per heavy atom. The molecule has 1 rings (SSSR count). The third-order valence-electron chi connectivity index (χ3n) is 1.85. The molecule has 0 N–H and O–H groups in total. The largest absolute Gasteiger partial charge is 0.279 e. The number of benzene rings is 1. The van der Waals surface area contributed by atoms with Gasteiger partial charge in [0.25, 0.3) is 5.69 Å². The van der Waals surface area contributed by atoms with Gasteiger partial charge in [-0.25, -0.2) is 0 Å². The SMILES string of the molecule is Cc1cccc(C=CCS)c1[N+](=O)[O-]. The lowest BCUT2D eigenvalue weighted by atomic mass is 10.1. The molecule has 1 aromatic carbocycles. The molecular formula is C10H11NO2S. The summed E-state index contributed by atoms with van der Waals surface area (Å²) in [5, 5.41) is 10.8. The van der Waals surface area contributed by atoms with Crippen LogP contribution in [0.15, 0.2) is 24.3 Å². The number of hydrogen-bond donors (Lipinski definition) is 1. The molecule has 74 valence electrons. The Bertz CT molecular complexity index is 374. The molecule has 0 aliphatic rings. The van der Waals surface area contributed by atoms with Crippen molar-refractivity contribution in [3.8, 4) is 0 Å². The Morgan fingerprint density at radius 3 is 2.86 bits per heavy atom. The highest BCUT2D eigenvalue weighted by atomic mass is 32.1. The summed E-state index contributed by atoms with van der Waals surface area (Å²) >= 11 is 4.01. The predicted octanol–water partition coefficient (Wildman–Crippen LogP) is 2.85. The maximum atomic E-state index is 10.8. The van der Waals surface area contributed by atoms with Crippen molar-refractivity contribution in [2.75, 3.05) is 5.75 Å².